The van der Waals surface area contributed by atoms with Gasteiger partial charge in [0.1, 0.15) is 0 Å². The van der Waals surface area contributed by atoms with Crippen LogP contribution in [0, 0.1) is 0 Å². The molecule has 1 aliphatic heterocycles. The van der Waals surface area contributed by atoms with Crippen molar-refractivity contribution in [2.45, 2.75) is 32.4 Å². The molecular formula is C12H20N2S. The van der Waals surface area contributed by atoms with Crippen LogP contribution in [0.3, 0.4) is 0 Å². The summed E-state index contributed by atoms with van der Waals surface area (Å²) in [5.41, 5.74) is 1.71. The highest BCUT2D eigenvalue weighted by molar-refractivity contribution is 7.07. The van der Waals surface area contributed by atoms with E-state index < -0.39 is 0 Å². The molecule has 2 rings (SSSR count). The van der Waals surface area contributed by atoms with Gasteiger partial charge in [-0.1, -0.05) is 0 Å². The maximum Gasteiger partial charge on any atom is 0.0252 e. The third kappa shape index (κ3) is 3.30. The van der Waals surface area contributed by atoms with Crippen molar-refractivity contribution in [3.8, 4) is 0 Å². The Hall–Kier alpha value is -0.380. The van der Waals surface area contributed by atoms with Gasteiger partial charge >= 0.3 is 0 Å². The largest absolute Gasteiger partial charge is 0.310 e. The summed E-state index contributed by atoms with van der Waals surface area (Å²) < 4.78 is 0. The van der Waals surface area contributed by atoms with E-state index in [4.69, 9.17) is 0 Å². The van der Waals surface area contributed by atoms with E-state index in [0.29, 0.717) is 0 Å². The van der Waals surface area contributed by atoms with Crippen molar-refractivity contribution in [1.82, 2.24) is 10.2 Å². The number of hydrogen-bond acceptors (Lipinski definition) is 3. The minimum Gasteiger partial charge on any atom is -0.310 e. The first-order valence-electron chi connectivity index (χ1n) is 5.64. The maximum atomic E-state index is 3.59. The second-order valence-corrected chi connectivity index (χ2v) is 5.79. The van der Waals surface area contributed by atoms with Gasteiger partial charge in [-0.15, -0.1) is 0 Å². The molecule has 1 N–H and O–H groups in total. The second kappa shape index (κ2) is 4.64. The summed E-state index contributed by atoms with van der Waals surface area (Å²) in [5.74, 6) is 0. The van der Waals surface area contributed by atoms with Crippen LogP contribution in [0.4, 0.5) is 0 Å². The zero-order valence-electron chi connectivity index (χ0n) is 9.62. The van der Waals surface area contributed by atoms with Gasteiger partial charge in [-0.3, -0.25) is 4.90 Å². The number of hydrogen-bond donors (Lipinski definition) is 1. The Morgan fingerprint density at radius 3 is 3.13 bits per heavy atom. The van der Waals surface area contributed by atoms with E-state index >= 15 is 0 Å². The molecule has 2 nitrogen and oxygen atoms in total. The van der Waals surface area contributed by atoms with E-state index in [9.17, 15) is 0 Å². The molecule has 0 atom stereocenters. The van der Waals surface area contributed by atoms with Gasteiger partial charge in [0.15, 0.2) is 0 Å². The van der Waals surface area contributed by atoms with E-state index in [2.05, 4.69) is 40.9 Å². The zero-order chi connectivity index (χ0) is 10.7. The lowest BCUT2D eigenvalue weighted by Gasteiger charge is -2.29. The minimum atomic E-state index is 0.256. The maximum absolute atomic E-state index is 3.59. The van der Waals surface area contributed by atoms with Crippen LogP contribution in [0.2, 0.25) is 0 Å². The Kier molecular flexibility index (Phi) is 3.44. The summed E-state index contributed by atoms with van der Waals surface area (Å²) in [6.45, 7) is 9.19. The average molecular weight is 224 g/mol. The van der Waals surface area contributed by atoms with E-state index in [1.54, 1.807) is 11.3 Å². The first kappa shape index (κ1) is 11.1. The summed E-state index contributed by atoms with van der Waals surface area (Å²) in [6, 6.07) is 2.23. The molecule has 2 heterocycles. The molecule has 1 aromatic rings. The van der Waals surface area contributed by atoms with Crippen LogP contribution in [0.15, 0.2) is 16.8 Å². The summed E-state index contributed by atoms with van der Waals surface area (Å²) >= 11 is 1.79. The molecule has 0 radical (unpaired) electrons. The highest BCUT2D eigenvalue weighted by Crippen LogP contribution is 2.15. The Balaban J connectivity index is 1.96. The van der Waals surface area contributed by atoms with Crippen molar-refractivity contribution in [3.05, 3.63) is 22.4 Å². The Labute approximate surface area is 96.3 Å². The number of thiophene rings is 1. The zero-order valence-corrected chi connectivity index (χ0v) is 10.4. The monoisotopic (exact) mass is 224 g/mol. The lowest BCUT2D eigenvalue weighted by atomic mass is 10.1. The van der Waals surface area contributed by atoms with E-state index in [1.165, 1.54) is 18.5 Å². The molecule has 0 saturated carbocycles. The lowest BCUT2D eigenvalue weighted by molar-refractivity contribution is 0.224. The van der Waals surface area contributed by atoms with Crippen LogP contribution in [-0.4, -0.2) is 30.1 Å². The molecule has 0 bridgehead atoms. The molecule has 0 amide bonds. The van der Waals surface area contributed by atoms with Crippen LogP contribution in [0.1, 0.15) is 25.8 Å². The first-order valence-corrected chi connectivity index (χ1v) is 6.58. The third-order valence-electron chi connectivity index (χ3n) is 2.86. The van der Waals surface area contributed by atoms with Crippen molar-refractivity contribution < 1.29 is 0 Å². The van der Waals surface area contributed by atoms with Crippen molar-refractivity contribution in [2.24, 2.45) is 0 Å². The molecule has 1 saturated heterocycles. The van der Waals surface area contributed by atoms with Crippen molar-refractivity contribution in [1.29, 1.82) is 0 Å². The molecule has 3 heteroatoms. The van der Waals surface area contributed by atoms with E-state index in [0.717, 1.165) is 19.6 Å². The molecule has 1 aliphatic rings. The van der Waals surface area contributed by atoms with Crippen LogP contribution in [0.25, 0.3) is 0 Å². The van der Waals surface area contributed by atoms with Gasteiger partial charge in [0, 0.05) is 18.6 Å². The number of rotatable bonds is 2. The van der Waals surface area contributed by atoms with Gasteiger partial charge in [-0.25, -0.2) is 0 Å². The lowest BCUT2D eigenvalue weighted by Crippen LogP contribution is -2.46. The molecule has 84 valence electrons. The normalized spacial score (nSPS) is 22.5. The van der Waals surface area contributed by atoms with Crippen molar-refractivity contribution >= 4 is 11.3 Å². The van der Waals surface area contributed by atoms with Gasteiger partial charge in [0.25, 0.3) is 0 Å². The number of nitrogens with zero attached hydrogens (tertiary/aromatic N) is 1. The number of nitrogens with one attached hydrogen (secondary N) is 1. The van der Waals surface area contributed by atoms with Crippen LogP contribution in [-0.2, 0) is 6.54 Å². The van der Waals surface area contributed by atoms with Gasteiger partial charge in [0.05, 0.1) is 0 Å². The first-order chi connectivity index (χ1) is 7.16. The highest BCUT2D eigenvalue weighted by Gasteiger charge is 2.23. The average Bonchev–Trinajstić information content (AvgIpc) is 2.58. The van der Waals surface area contributed by atoms with Gasteiger partial charge in [-0.05, 0) is 55.7 Å². The smallest absolute Gasteiger partial charge is 0.0252 e. The van der Waals surface area contributed by atoms with Crippen LogP contribution >= 0.6 is 11.3 Å². The van der Waals surface area contributed by atoms with Gasteiger partial charge < -0.3 is 5.32 Å². The van der Waals surface area contributed by atoms with Crippen molar-refractivity contribution in [2.75, 3.05) is 19.6 Å². The molecule has 0 unspecified atom stereocenters. The highest BCUT2D eigenvalue weighted by atomic mass is 32.1. The Morgan fingerprint density at radius 1 is 1.53 bits per heavy atom. The fraction of sp³-hybridized carbons (Fsp3) is 0.667. The van der Waals surface area contributed by atoms with Gasteiger partial charge in [-0.2, -0.15) is 11.3 Å². The van der Waals surface area contributed by atoms with Crippen LogP contribution in [0.5, 0.6) is 0 Å². The third-order valence-corrected chi connectivity index (χ3v) is 3.59. The molecule has 1 fully saturated rings. The second-order valence-electron chi connectivity index (χ2n) is 5.01. The van der Waals surface area contributed by atoms with Crippen LogP contribution < -0.4 is 5.32 Å². The SMILES string of the molecule is CC1(C)CN(Cc2ccsc2)CCCN1. The van der Waals surface area contributed by atoms with Gasteiger partial charge in [0.2, 0.25) is 0 Å². The summed E-state index contributed by atoms with van der Waals surface area (Å²) in [4.78, 5) is 2.56. The van der Waals surface area contributed by atoms with E-state index in [1.807, 2.05) is 0 Å². The summed E-state index contributed by atoms with van der Waals surface area (Å²) in [6.07, 6.45) is 1.26. The predicted molar refractivity (Wildman–Crippen MR) is 66.3 cm³/mol. The summed E-state index contributed by atoms with van der Waals surface area (Å²) in [7, 11) is 0. The predicted octanol–water partition coefficient (Wildman–Crippen LogP) is 2.32. The Bertz CT molecular complexity index is 293. The quantitative estimate of drug-likeness (QED) is 0.829. The standard InChI is InChI=1S/C12H20N2S/c1-12(2)10-14(6-3-5-13-12)8-11-4-7-15-9-11/h4,7,9,13H,3,5-6,8,10H2,1-2H3. The molecule has 0 spiro atoms. The fourth-order valence-corrected chi connectivity index (χ4v) is 2.86. The topological polar surface area (TPSA) is 15.3 Å². The summed E-state index contributed by atoms with van der Waals surface area (Å²) in [5, 5.41) is 8.01. The molecule has 15 heavy (non-hydrogen) atoms. The van der Waals surface area contributed by atoms with E-state index in [-0.39, 0.29) is 5.54 Å². The Morgan fingerprint density at radius 2 is 2.40 bits per heavy atom. The molecule has 0 aliphatic carbocycles. The molecule has 0 aromatic carbocycles. The fourth-order valence-electron chi connectivity index (χ4n) is 2.20. The minimum absolute atomic E-state index is 0.256. The molecular weight excluding hydrogens is 204 g/mol. The molecule has 1 aromatic heterocycles. The van der Waals surface area contributed by atoms with Crippen molar-refractivity contribution in [3.63, 3.8) is 0 Å².